The second kappa shape index (κ2) is 4.25. The highest BCUT2D eigenvalue weighted by Crippen LogP contribution is 2.65. The summed E-state index contributed by atoms with van der Waals surface area (Å²) in [6.07, 6.45) is 12.6. The Hall–Kier alpha value is -0.520. The zero-order valence-electron chi connectivity index (χ0n) is 11.1. The highest BCUT2D eigenvalue weighted by Gasteiger charge is 2.64. The summed E-state index contributed by atoms with van der Waals surface area (Å²) < 4.78 is 0. The van der Waals surface area contributed by atoms with Crippen LogP contribution in [-0.4, -0.2) is 36.6 Å². The van der Waals surface area contributed by atoms with Gasteiger partial charge in [-0.1, -0.05) is 5.92 Å². The Bertz CT molecular complexity index is 348. The van der Waals surface area contributed by atoms with Crippen molar-refractivity contribution in [2.24, 2.45) is 23.7 Å². The topological polar surface area (TPSA) is 15.3 Å². The summed E-state index contributed by atoms with van der Waals surface area (Å²) in [6, 6.07) is 1.68. The molecule has 4 rings (SSSR count). The van der Waals surface area contributed by atoms with Crippen LogP contribution in [0.25, 0.3) is 0 Å². The number of nitrogens with zero attached hydrogens (tertiary/aromatic N) is 1. The lowest BCUT2D eigenvalue weighted by Gasteiger charge is -2.31. The average Bonchev–Trinajstić information content (AvgIpc) is 2.80. The van der Waals surface area contributed by atoms with Gasteiger partial charge < -0.3 is 5.32 Å². The van der Waals surface area contributed by atoms with E-state index in [1.54, 1.807) is 6.42 Å². The first kappa shape index (κ1) is 11.3. The monoisotopic (exact) mass is 244 g/mol. The van der Waals surface area contributed by atoms with E-state index in [0.717, 1.165) is 42.3 Å². The molecular formula is C16H24N2. The molecule has 4 unspecified atom stereocenters. The minimum atomic E-state index is 0.772. The third-order valence-corrected chi connectivity index (χ3v) is 6.07. The maximum absolute atomic E-state index is 5.38. The van der Waals surface area contributed by atoms with Crippen molar-refractivity contribution in [1.29, 1.82) is 0 Å². The van der Waals surface area contributed by atoms with Gasteiger partial charge in [-0.05, 0) is 55.8 Å². The average molecular weight is 244 g/mol. The Morgan fingerprint density at radius 1 is 1.06 bits per heavy atom. The molecule has 1 N–H and O–H groups in total. The number of terminal acetylenes is 1. The summed E-state index contributed by atoms with van der Waals surface area (Å²) in [7, 11) is 0. The SMILES string of the molecule is C#CCN1CCC(NC2C3C4CCC(C4)C23)CC1. The van der Waals surface area contributed by atoms with Crippen molar-refractivity contribution in [3.05, 3.63) is 0 Å². The molecule has 3 saturated carbocycles. The summed E-state index contributed by atoms with van der Waals surface area (Å²) in [5.74, 6) is 7.11. The summed E-state index contributed by atoms with van der Waals surface area (Å²) in [5.41, 5.74) is 0. The number of likely N-dealkylation sites (tertiary alicyclic amines) is 1. The van der Waals surface area contributed by atoms with E-state index in [2.05, 4.69) is 16.1 Å². The van der Waals surface area contributed by atoms with Gasteiger partial charge in [-0.2, -0.15) is 0 Å². The lowest BCUT2D eigenvalue weighted by molar-refractivity contribution is 0.212. The van der Waals surface area contributed by atoms with E-state index in [1.807, 2.05) is 0 Å². The van der Waals surface area contributed by atoms with Gasteiger partial charge in [0.1, 0.15) is 0 Å². The van der Waals surface area contributed by atoms with E-state index in [-0.39, 0.29) is 0 Å². The first-order chi connectivity index (χ1) is 8.86. The molecule has 1 heterocycles. The van der Waals surface area contributed by atoms with Gasteiger partial charge in [-0.25, -0.2) is 0 Å². The van der Waals surface area contributed by atoms with Gasteiger partial charge in [-0.15, -0.1) is 6.42 Å². The van der Waals surface area contributed by atoms with Crippen LogP contribution in [0.1, 0.15) is 32.1 Å². The van der Waals surface area contributed by atoms with Gasteiger partial charge >= 0.3 is 0 Å². The van der Waals surface area contributed by atoms with E-state index in [9.17, 15) is 0 Å². The molecule has 98 valence electrons. The van der Waals surface area contributed by atoms with Gasteiger partial charge in [0, 0.05) is 25.2 Å². The van der Waals surface area contributed by atoms with Crippen molar-refractivity contribution in [2.75, 3.05) is 19.6 Å². The van der Waals surface area contributed by atoms with Gasteiger partial charge in [0.2, 0.25) is 0 Å². The summed E-state index contributed by atoms with van der Waals surface area (Å²) in [6.45, 7) is 3.22. The number of piperidine rings is 1. The van der Waals surface area contributed by atoms with Crippen molar-refractivity contribution >= 4 is 0 Å². The van der Waals surface area contributed by atoms with Gasteiger partial charge in [0.15, 0.2) is 0 Å². The number of nitrogens with one attached hydrogen (secondary N) is 1. The first-order valence-electron chi connectivity index (χ1n) is 7.78. The molecular weight excluding hydrogens is 220 g/mol. The Morgan fingerprint density at radius 3 is 2.33 bits per heavy atom. The molecule has 1 saturated heterocycles. The number of hydrogen-bond acceptors (Lipinski definition) is 2. The summed E-state index contributed by atoms with van der Waals surface area (Å²) in [4.78, 5) is 2.41. The molecule has 2 heteroatoms. The van der Waals surface area contributed by atoms with Crippen LogP contribution in [-0.2, 0) is 0 Å². The number of rotatable bonds is 3. The van der Waals surface area contributed by atoms with E-state index in [1.165, 1.54) is 38.8 Å². The van der Waals surface area contributed by atoms with Gasteiger partial charge in [-0.3, -0.25) is 4.90 Å². The van der Waals surface area contributed by atoms with Crippen LogP contribution < -0.4 is 5.32 Å². The molecule has 2 nitrogen and oxygen atoms in total. The molecule has 0 aromatic rings. The molecule has 3 aliphatic carbocycles. The van der Waals surface area contributed by atoms with Crippen LogP contribution in [0.3, 0.4) is 0 Å². The largest absolute Gasteiger partial charge is 0.311 e. The van der Waals surface area contributed by atoms with Gasteiger partial charge in [0.05, 0.1) is 6.54 Å². The van der Waals surface area contributed by atoms with Crippen LogP contribution in [0.5, 0.6) is 0 Å². The second-order valence-electron chi connectivity index (χ2n) is 6.93. The Kier molecular flexibility index (Phi) is 2.67. The fraction of sp³-hybridized carbons (Fsp3) is 0.875. The van der Waals surface area contributed by atoms with Crippen LogP contribution >= 0.6 is 0 Å². The maximum atomic E-state index is 5.38. The second-order valence-corrected chi connectivity index (χ2v) is 6.93. The van der Waals surface area contributed by atoms with Crippen molar-refractivity contribution in [3.63, 3.8) is 0 Å². The van der Waals surface area contributed by atoms with Crippen molar-refractivity contribution in [1.82, 2.24) is 10.2 Å². The predicted molar refractivity (Wildman–Crippen MR) is 73.0 cm³/mol. The zero-order chi connectivity index (χ0) is 12.1. The van der Waals surface area contributed by atoms with Crippen molar-refractivity contribution in [3.8, 4) is 12.3 Å². The molecule has 1 aliphatic heterocycles. The molecule has 0 radical (unpaired) electrons. The molecule has 4 aliphatic rings. The highest BCUT2D eigenvalue weighted by molar-refractivity contribution is 5.17. The molecule has 4 fully saturated rings. The Labute approximate surface area is 110 Å². The van der Waals surface area contributed by atoms with Crippen LogP contribution in [0.2, 0.25) is 0 Å². The Morgan fingerprint density at radius 2 is 1.72 bits per heavy atom. The normalized spacial score (nSPS) is 46.9. The standard InChI is InChI=1S/C16H24N2/c1-2-7-18-8-5-13(6-9-18)17-16-14-11-3-4-12(10-11)15(14)16/h1,11-17H,3-10H2. The number of fused-ring (bicyclic) bond motifs is 5. The minimum absolute atomic E-state index is 0.772. The quantitative estimate of drug-likeness (QED) is 0.761. The van der Waals surface area contributed by atoms with Crippen LogP contribution in [0, 0.1) is 36.0 Å². The number of hydrogen-bond donors (Lipinski definition) is 1. The fourth-order valence-electron chi connectivity index (χ4n) is 5.21. The maximum Gasteiger partial charge on any atom is 0.0598 e. The summed E-state index contributed by atoms with van der Waals surface area (Å²) in [5, 5.41) is 3.98. The highest BCUT2D eigenvalue weighted by atomic mass is 15.1. The van der Waals surface area contributed by atoms with E-state index >= 15 is 0 Å². The van der Waals surface area contributed by atoms with Crippen molar-refractivity contribution in [2.45, 2.75) is 44.2 Å². The minimum Gasteiger partial charge on any atom is -0.311 e. The molecule has 2 bridgehead atoms. The lowest BCUT2D eigenvalue weighted by atomic mass is 10.0. The smallest absolute Gasteiger partial charge is 0.0598 e. The van der Waals surface area contributed by atoms with Gasteiger partial charge in [0.25, 0.3) is 0 Å². The predicted octanol–water partition coefficient (Wildman–Crippen LogP) is 1.72. The zero-order valence-corrected chi connectivity index (χ0v) is 11.1. The van der Waals surface area contributed by atoms with Crippen LogP contribution in [0.15, 0.2) is 0 Å². The van der Waals surface area contributed by atoms with Crippen LogP contribution in [0.4, 0.5) is 0 Å². The molecule has 0 spiro atoms. The lowest BCUT2D eigenvalue weighted by Crippen LogP contribution is -2.44. The van der Waals surface area contributed by atoms with Crippen molar-refractivity contribution < 1.29 is 0 Å². The fourth-order valence-corrected chi connectivity index (χ4v) is 5.21. The molecule has 0 aromatic carbocycles. The molecule has 0 amide bonds. The summed E-state index contributed by atoms with van der Waals surface area (Å²) >= 11 is 0. The van der Waals surface area contributed by atoms with E-state index < -0.39 is 0 Å². The first-order valence-corrected chi connectivity index (χ1v) is 7.78. The molecule has 0 aromatic heterocycles. The Balaban J connectivity index is 1.27. The third kappa shape index (κ3) is 1.72. The molecule has 4 atom stereocenters. The van der Waals surface area contributed by atoms with E-state index in [0.29, 0.717) is 0 Å². The molecule has 18 heavy (non-hydrogen) atoms. The third-order valence-electron chi connectivity index (χ3n) is 6.07. The van der Waals surface area contributed by atoms with E-state index in [4.69, 9.17) is 6.42 Å².